The van der Waals surface area contributed by atoms with Crippen molar-refractivity contribution in [2.45, 2.75) is 53.0 Å². The standard InChI is InChI=1S/C33H34ClN7O3/c1-7-24(20-15-39(16-20)26(42)8-2)40-25-13-22(34)29(27-18(5)9-10-23-21(27)14-36-38-23)37-31(25)41(33(44)32(40)43)30-19(6)11-12-35-28(30)17(3)4/h8-14,17,20,24H,2,7,15-16H2,1,3-6H3,(H,36,38). The van der Waals surface area contributed by atoms with Crippen LogP contribution in [0.1, 0.15) is 56.0 Å². The molecule has 1 fully saturated rings. The Labute approximate surface area is 259 Å². The highest BCUT2D eigenvalue weighted by atomic mass is 35.5. The average Bonchev–Trinajstić information content (AvgIpc) is 3.45. The number of fused-ring (bicyclic) bond motifs is 2. The molecular weight excluding hydrogens is 578 g/mol. The van der Waals surface area contributed by atoms with Crippen molar-refractivity contribution in [2.24, 2.45) is 5.92 Å². The maximum atomic E-state index is 14.3. The first kappa shape index (κ1) is 29.5. The predicted octanol–water partition coefficient (Wildman–Crippen LogP) is 5.47. The van der Waals surface area contributed by atoms with Crippen molar-refractivity contribution in [3.05, 3.63) is 91.9 Å². The smallest absolute Gasteiger partial charge is 0.322 e. The summed E-state index contributed by atoms with van der Waals surface area (Å²) in [4.78, 5) is 52.1. The van der Waals surface area contributed by atoms with E-state index >= 15 is 0 Å². The number of nitrogens with zero attached hydrogens (tertiary/aromatic N) is 6. The molecule has 226 valence electrons. The van der Waals surface area contributed by atoms with Crippen LogP contribution >= 0.6 is 11.6 Å². The number of likely N-dealkylation sites (tertiary alicyclic amines) is 1. The lowest BCUT2D eigenvalue weighted by Crippen LogP contribution is -2.54. The van der Waals surface area contributed by atoms with E-state index in [1.807, 2.05) is 52.8 Å². The first-order valence-electron chi connectivity index (χ1n) is 14.7. The van der Waals surface area contributed by atoms with Gasteiger partial charge in [-0.15, -0.1) is 0 Å². The maximum absolute atomic E-state index is 14.3. The number of pyridine rings is 2. The number of benzene rings is 1. The SMILES string of the molecule is C=CC(=O)N1CC(C(CC)n2c(=O)c(=O)n(-c3c(C)ccnc3C(C)C)c3nc(-c4c(C)ccc5[nH]ncc45)c(Cl)cc32)C1. The molecule has 1 amide bonds. The van der Waals surface area contributed by atoms with Gasteiger partial charge in [0, 0.05) is 42.2 Å². The third-order valence-electron chi connectivity index (χ3n) is 8.70. The molecule has 1 N–H and O–H groups in total. The lowest BCUT2D eigenvalue weighted by atomic mass is 9.89. The number of carbonyl (C=O) groups is 1. The minimum atomic E-state index is -0.716. The van der Waals surface area contributed by atoms with Crippen molar-refractivity contribution in [2.75, 3.05) is 13.1 Å². The Balaban J connectivity index is 1.71. The summed E-state index contributed by atoms with van der Waals surface area (Å²) in [5, 5.41) is 8.41. The van der Waals surface area contributed by atoms with Gasteiger partial charge in [-0.25, -0.2) is 4.98 Å². The number of rotatable bonds is 7. The number of aryl methyl sites for hydroxylation is 2. The van der Waals surface area contributed by atoms with E-state index in [-0.39, 0.29) is 23.8 Å². The van der Waals surface area contributed by atoms with Crippen molar-refractivity contribution >= 4 is 39.6 Å². The minimum Gasteiger partial charge on any atom is -0.338 e. The fourth-order valence-corrected chi connectivity index (χ4v) is 6.69. The Bertz CT molecular complexity index is 2090. The van der Waals surface area contributed by atoms with E-state index in [0.717, 1.165) is 27.6 Å². The third kappa shape index (κ3) is 4.55. The van der Waals surface area contributed by atoms with E-state index in [1.165, 1.54) is 10.6 Å². The number of aromatic amines is 1. The van der Waals surface area contributed by atoms with Crippen LogP contribution in [0.2, 0.25) is 5.02 Å². The maximum Gasteiger partial charge on any atom is 0.322 e. The molecule has 5 heterocycles. The van der Waals surface area contributed by atoms with Gasteiger partial charge in [-0.3, -0.25) is 33.6 Å². The molecule has 1 saturated heterocycles. The Hall–Kier alpha value is -4.57. The van der Waals surface area contributed by atoms with Gasteiger partial charge in [0.15, 0.2) is 5.65 Å². The number of aromatic nitrogens is 6. The first-order valence-corrected chi connectivity index (χ1v) is 15.1. The zero-order valence-corrected chi connectivity index (χ0v) is 26.1. The molecule has 1 aliphatic rings. The molecule has 6 rings (SSSR count). The third-order valence-corrected chi connectivity index (χ3v) is 8.99. The van der Waals surface area contributed by atoms with Gasteiger partial charge in [0.05, 0.1) is 39.3 Å². The second-order valence-corrected chi connectivity index (χ2v) is 12.2. The van der Waals surface area contributed by atoms with Crippen LogP contribution in [0.5, 0.6) is 0 Å². The normalized spacial score (nSPS) is 14.4. The lowest BCUT2D eigenvalue weighted by molar-refractivity contribution is -0.133. The second kappa shape index (κ2) is 11.2. The van der Waals surface area contributed by atoms with E-state index in [4.69, 9.17) is 16.6 Å². The van der Waals surface area contributed by atoms with Crippen molar-refractivity contribution in [3.8, 4) is 16.9 Å². The van der Waals surface area contributed by atoms with Crippen molar-refractivity contribution in [3.63, 3.8) is 0 Å². The molecule has 10 nitrogen and oxygen atoms in total. The summed E-state index contributed by atoms with van der Waals surface area (Å²) >= 11 is 7.04. The zero-order valence-electron chi connectivity index (χ0n) is 25.4. The van der Waals surface area contributed by atoms with Crippen LogP contribution in [0.3, 0.4) is 0 Å². The van der Waals surface area contributed by atoms with Crippen LogP contribution in [0.4, 0.5) is 0 Å². The number of carbonyl (C=O) groups excluding carboxylic acids is 1. The first-order chi connectivity index (χ1) is 21.1. The summed E-state index contributed by atoms with van der Waals surface area (Å²) in [6.45, 7) is 14.3. The van der Waals surface area contributed by atoms with Crippen LogP contribution in [0.25, 0.3) is 39.0 Å². The molecule has 4 aromatic heterocycles. The van der Waals surface area contributed by atoms with Crippen LogP contribution in [0, 0.1) is 19.8 Å². The van der Waals surface area contributed by atoms with Crippen molar-refractivity contribution in [1.82, 2.24) is 34.2 Å². The molecule has 1 aliphatic heterocycles. The van der Waals surface area contributed by atoms with Crippen molar-refractivity contribution in [1.29, 1.82) is 0 Å². The van der Waals surface area contributed by atoms with Gasteiger partial charge >= 0.3 is 11.1 Å². The summed E-state index contributed by atoms with van der Waals surface area (Å²) < 4.78 is 2.96. The summed E-state index contributed by atoms with van der Waals surface area (Å²) in [6.07, 6.45) is 5.29. The highest BCUT2D eigenvalue weighted by Crippen LogP contribution is 2.38. The second-order valence-electron chi connectivity index (χ2n) is 11.8. The molecule has 1 aromatic carbocycles. The Morgan fingerprint density at radius 1 is 1.16 bits per heavy atom. The number of nitrogens with one attached hydrogen (secondary N) is 1. The van der Waals surface area contributed by atoms with Gasteiger partial charge in [-0.2, -0.15) is 5.10 Å². The van der Waals surface area contributed by atoms with E-state index in [9.17, 15) is 14.4 Å². The number of H-pyrrole nitrogens is 1. The molecular formula is C33H34ClN7O3. The topological polar surface area (TPSA) is 119 Å². The molecule has 1 atom stereocenters. The lowest BCUT2D eigenvalue weighted by Gasteiger charge is -2.43. The number of halogens is 1. The molecule has 1 unspecified atom stereocenters. The van der Waals surface area contributed by atoms with Crippen molar-refractivity contribution < 1.29 is 4.79 Å². The Kier molecular flexibility index (Phi) is 7.49. The molecule has 0 bridgehead atoms. The zero-order chi connectivity index (χ0) is 31.4. The monoisotopic (exact) mass is 611 g/mol. The summed E-state index contributed by atoms with van der Waals surface area (Å²) in [6, 6.07) is 7.12. The van der Waals surface area contributed by atoms with E-state index in [0.29, 0.717) is 52.8 Å². The molecule has 11 heteroatoms. The Morgan fingerprint density at radius 2 is 1.91 bits per heavy atom. The fraction of sp³-hybridized carbons (Fsp3) is 0.333. The van der Waals surface area contributed by atoms with Crippen LogP contribution < -0.4 is 11.1 Å². The molecule has 0 saturated carbocycles. The van der Waals surface area contributed by atoms with Gasteiger partial charge in [0.1, 0.15) is 0 Å². The highest BCUT2D eigenvalue weighted by molar-refractivity contribution is 6.34. The molecule has 0 radical (unpaired) electrons. The van der Waals surface area contributed by atoms with Crippen LogP contribution in [-0.2, 0) is 4.79 Å². The number of hydrogen-bond acceptors (Lipinski definition) is 6. The van der Waals surface area contributed by atoms with Gasteiger partial charge in [0.2, 0.25) is 5.91 Å². The van der Waals surface area contributed by atoms with Crippen LogP contribution in [0.15, 0.2) is 58.9 Å². The summed E-state index contributed by atoms with van der Waals surface area (Å²) in [5.74, 6) is -0.225. The molecule has 0 aliphatic carbocycles. The van der Waals surface area contributed by atoms with E-state index in [1.54, 1.807) is 27.9 Å². The summed E-state index contributed by atoms with van der Waals surface area (Å²) in [7, 11) is 0. The quantitative estimate of drug-likeness (QED) is 0.192. The number of hydrogen-bond donors (Lipinski definition) is 1. The highest BCUT2D eigenvalue weighted by Gasteiger charge is 2.37. The van der Waals surface area contributed by atoms with Gasteiger partial charge in [0.25, 0.3) is 0 Å². The largest absolute Gasteiger partial charge is 0.338 e. The Morgan fingerprint density at radius 3 is 2.59 bits per heavy atom. The minimum absolute atomic E-state index is 0.0327. The molecule has 5 aromatic rings. The van der Waals surface area contributed by atoms with Gasteiger partial charge < -0.3 is 4.90 Å². The van der Waals surface area contributed by atoms with E-state index < -0.39 is 11.1 Å². The summed E-state index contributed by atoms with van der Waals surface area (Å²) in [5.41, 5.74) is 4.41. The van der Waals surface area contributed by atoms with E-state index in [2.05, 4.69) is 21.8 Å². The average molecular weight is 612 g/mol. The van der Waals surface area contributed by atoms with Gasteiger partial charge in [-0.05, 0) is 61.6 Å². The predicted molar refractivity (Wildman–Crippen MR) is 173 cm³/mol. The number of amides is 1. The van der Waals surface area contributed by atoms with Gasteiger partial charge in [-0.1, -0.05) is 45.0 Å². The molecule has 44 heavy (non-hydrogen) atoms. The van der Waals surface area contributed by atoms with Crippen LogP contribution in [-0.4, -0.2) is 53.2 Å². The fourth-order valence-electron chi connectivity index (χ4n) is 6.45. The molecule has 0 spiro atoms.